The number of rotatable bonds is 7. The highest BCUT2D eigenvalue weighted by molar-refractivity contribution is 7.95. The Morgan fingerprint density at radius 1 is 0.625 bits per heavy atom. The second kappa shape index (κ2) is 9.72. The molecule has 4 rings (SSSR count). The minimum Gasteiger partial charge on any atom is -0.494 e. The van der Waals surface area contributed by atoms with Gasteiger partial charge in [0.05, 0.1) is 12.8 Å². The molecule has 0 amide bonds. The highest BCUT2D eigenvalue weighted by Gasteiger charge is 2.46. The fourth-order valence-corrected chi connectivity index (χ4v) is 9.10. The molecule has 4 aromatic carbocycles. The van der Waals surface area contributed by atoms with Crippen LogP contribution in [0.2, 0.25) is 0 Å². The first kappa shape index (κ1) is 22.3. The average molecular weight is 440 g/mol. The normalized spacial score (nSPS) is 11.4. The van der Waals surface area contributed by atoms with Gasteiger partial charge in [0.15, 0.2) is 0 Å². The van der Waals surface area contributed by atoms with E-state index in [-0.39, 0.29) is 0 Å². The SMILES string of the molecule is CCOc1cc(C)c(C[P+](c2ccccc2)(c2ccccc2)c2ccccc2)c(C)c1C. The van der Waals surface area contributed by atoms with Crippen LogP contribution in [0.1, 0.15) is 29.2 Å². The van der Waals surface area contributed by atoms with E-state index in [4.69, 9.17) is 4.74 Å². The second-order valence-electron chi connectivity index (χ2n) is 8.33. The Hall–Kier alpha value is -2.89. The first-order chi connectivity index (χ1) is 15.6. The molecule has 0 aliphatic rings. The summed E-state index contributed by atoms with van der Waals surface area (Å²) >= 11 is 0. The van der Waals surface area contributed by atoms with Crippen LogP contribution >= 0.6 is 7.26 Å². The Morgan fingerprint density at radius 2 is 1.06 bits per heavy atom. The lowest BCUT2D eigenvalue weighted by atomic mass is 9.98. The summed E-state index contributed by atoms with van der Waals surface area (Å²) in [6, 6.07) is 35.6. The van der Waals surface area contributed by atoms with E-state index in [9.17, 15) is 0 Å². The third kappa shape index (κ3) is 4.10. The number of aryl methyl sites for hydroxylation is 1. The molecule has 0 heterocycles. The van der Waals surface area contributed by atoms with Crippen molar-refractivity contribution in [3.05, 3.63) is 119 Å². The largest absolute Gasteiger partial charge is 0.494 e. The van der Waals surface area contributed by atoms with E-state index in [0.29, 0.717) is 6.61 Å². The fourth-order valence-electron chi connectivity index (χ4n) is 4.65. The highest BCUT2D eigenvalue weighted by Crippen LogP contribution is 2.59. The van der Waals surface area contributed by atoms with Crippen molar-refractivity contribution in [2.45, 2.75) is 33.9 Å². The number of hydrogen-bond donors (Lipinski definition) is 0. The molecule has 32 heavy (non-hydrogen) atoms. The van der Waals surface area contributed by atoms with Crippen LogP contribution in [0.5, 0.6) is 5.75 Å². The van der Waals surface area contributed by atoms with Crippen molar-refractivity contribution in [1.29, 1.82) is 0 Å². The Kier molecular flexibility index (Phi) is 6.77. The standard InChI is InChI=1S/C30H32OP/c1-5-31-30-21-23(2)29(24(3)25(30)4)22-32(26-15-9-6-10-16-26,27-17-11-7-12-18-27)28-19-13-8-14-20-28/h6-21H,5,22H2,1-4H3/q+1. The van der Waals surface area contributed by atoms with Crippen LogP contribution in [0, 0.1) is 20.8 Å². The molecule has 0 spiro atoms. The van der Waals surface area contributed by atoms with Gasteiger partial charge in [-0.05, 0) is 92.4 Å². The quantitative estimate of drug-likeness (QED) is 0.299. The van der Waals surface area contributed by atoms with Crippen LogP contribution in [-0.4, -0.2) is 6.61 Å². The zero-order valence-corrected chi connectivity index (χ0v) is 20.4. The van der Waals surface area contributed by atoms with Gasteiger partial charge < -0.3 is 4.74 Å². The van der Waals surface area contributed by atoms with E-state index in [2.05, 4.69) is 125 Å². The van der Waals surface area contributed by atoms with Crippen LogP contribution in [0.3, 0.4) is 0 Å². The maximum absolute atomic E-state index is 5.95. The van der Waals surface area contributed by atoms with Crippen molar-refractivity contribution in [2.24, 2.45) is 0 Å². The lowest BCUT2D eigenvalue weighted by Gasteiger charge is -2.29. The predicted molar refractivity (Wildman–Crippen MR) is 141 cm³/mol. The number of hydrogen-bond acceptors (Lipinski definition) is 1. The molecule has 0 aliphatic heterocycles. The Balaban J connectivity index is 2.01. The summed E-state index contributed by atoms with van der Waals surface area (Å²) in [5, 5.41) is 4.26. The van der Waals surface area contributed by atoms with E-state index in [1.54, 1.807) is 0 Å². The van der Waals surface area contributed by atoms with Gasteiger partial charge in [-0.2, -0.15) is 0 Å². The third-order valence-corrected chi connectivity index (χ3v) is 10.8. The monoisotopic (exact) mass is 439 g/mol. The molecule has 0 N–H and O–H groups in total. The van der Waals surface area contributed by atoms with E-state index in [1.165, 1.54) is 38.2 Å². The third-order valence-electron chi connectivity index (χ3n) is 6.49. The Labute approximate surface area is 193 Å². The first-order valence-electron chi connectivity index (χ1n) is 11.3. The molecule has 2 heteroatoms. The maximum Gasteiger partial charge on any atom is 0.122 e. The van der Waals surface area contributed by atoms with Crippen LogP contribution < -0.4 is 20.7 Å². The van der Waals surface area contributed by atoms with Gasteiger partial charge in [-0.15, -0.1) is 0 Å². The summed E-state index contributed by atoms with van der Waals surface area (Å²) in [5.74, 6) is 1.01. The summed E-state index contributed by atoms with van der Waals surface area (Å²) in [7, 11) is -1.92. The molecule has 4 aromatic rings. The van der Waals surface area contributed by atoms with Crippen molar-refractivity contribution >= 4 is 23.2 Å². The van der Waals surface area contributed by atoms with E-state index in [1.807, 2.05) is 0 Å². The van der Waals surface area contributed by atoms with Crippen LogP contribution in [0.4, 0.5) is 0 Å². The minimum atomic E-state index is -1.92. The zero-order valence-electron chi connectivity index (χ0n) is 19.5. The topological polar surface area (TPSA) is 9.23 Å². The molecule has 0 atom stereocenters. The Bertz CT molecular complexity index is 1070. The van der Waals surface area contributed by atoms with Crippen molar-refractivity contribution in [3.63, 3.8) is 0 Å². The Morgan fingerprint density at radius 3 is 1.47 bits per heavy atom. The van der Waals surface area contributed by atoms with E-state index >= 15 is 0 Å². The van der Waals surface area contributed by atoms with Gasteiger partial charge in [-0.1, -0.05) is 54.6 Å². The maximum atomic E-state index is 5.95. The van der Waals surface area contributed by atoms with Gasteiger partial charge in [-0.3, -0.25) is 0 Å². The summed E-state index contributed by atoms with van der Waals surface area (Å²) in [4.78, 5) is 0. The summed E-state index contributed by atoms with van der Waals surface area (Å²) in [6.07, 6.45) is 0.996. The molecule has 0 aliphatic carbocycles. The van der Waals surface area contributed by atoms with Crippen LogP contribution in [-0.2, 0) is 6.16 Å². The fraction of sp³-hybridized carbons (Fsp3) is 0.200. The molecular weight excluding hydrogens is 407 g/mol. The van der Waals surface area contributed by atoms with Crippen LogP contribution in [0.25, 0.3) is 0 Å². The van der Waals surface area contributed by atoms with E-state index < -0.39 is 7.26 Å². The average Bonchev–Trinajstić information content (AvgIpc) is 2.84. The molecule has 0 bridgehead atoms. The summed E-state index contributed by atoms with van der Waals surface area (Å²) in [6.45, 7) is 9.43. The van der Waals surface area contributed by atoms with Crippen LogP contribution in [0.15, 0.2) is 97.1 Å². The summed E-state index contributed by atoms with van der Waals surface area (Å²) in [5.41, 5.74) is 5.35. The van der Waals surface area contributed by atoms with Gasteiger partial charge in [-0.25, -0.2) is 0 Å². The molecule has 1 nitrogen and oxygen atoms in total. The van der Waals surface area contributed by atoms with Crippen molar-refractivity contribution < 1.29 is 4.74 Å². The molecule has 0 unspecified atom stereocenters. The van der Waals surface area contributed by atoms with Gasteiger partial charge in [0.2, 0.25) is 0 Å². The predicted octanol–water partition coefficient (Wildman–Crippen LogP) is 6.50. The zero-order chi connectivity index (χ0) is 22.6. The number of ether oxygens (including phenoxy) is 1. The van der Waals surface area contributed by atoms with Gasteiger partial charge in [0.25, 0.3) is 0 Å². The molecule has 0 saturated carbocycles. The van der Waals surface area contributed by atoms with Gasteiger partial charge >= 0.3 is 0 Å². The second-order valence-corrected chi connectivity index (χ2v) is 11.8. The highest BCUT2D eigenvalue weighted by atomic mass is 31.2. The molecule has 0 saturated heterocycles. The van der Waals surface area contributed by atoms with Crippen molar-refractivity contribution in [1.82, 2.24) is 0 Å². The summed E-state index contributed by atoms with van der Waals surface area (Å²) < 4.78 is 5.95. The van der Waals surface area contributed by atoms with Gasteiger partial charge in [0.1, 0.15) is 28.9 Å². The van der Waals surface area contributed by atoms with Crippen molar-refractivity contribution in [3.8, 4) is 5.75 Å². The first-order valence-corrected chi connectivity index (χ1v) is 13.3. The smallest absolute Gasteiger partial charge is 0.122 e. The molecular formula is C30H32OP+. The van der Waals surface area contributed by atoms with E-state index in [0.717, 1.165) is 11.9 Å². The molecule has 0 radical (unpaired) electrons. The lowest BCUT2D eigenvalue weighted by Crippen LogP contribution is -2.32. The molecule has 0 aromatic heterocycles. The number of benzene rings is 4. The van der Waals surface area contributed by atoms with Crippen molar-refractivity contribution in [2.75, 3.05) is 6.61 Å². The minimum absolute atomic E-state index is 0.689. The lowest BCUT2D eigenvalue weighted by molar-refractivity contribution is 0.337. The van der Waals surface area contributed by atoms with Gasteiger partial charge in [0, 0.05) is 0 Å². The molecule has 0 fully saturated rings. The molecule has 162 valence electrons.